The van der Waals surface area contributed by atoms with Gasteiger partial charge in [0.1, 0.15) is 0 Å². The quantitative estimate of drug-likeness (QED) is 0.573. The fourth-order valence-corrected chi connectivity index (χ4v) is 3.88. The summed E-state index contributed by atoms with van der Waals surface area (Å²) in [5, 5.41) is 4.23. The van der Waals surface area contributed by atoms with E-state index in [1.165, 1.54) is 34.2 Å². The van der Waals surface area contributed by atoms with Crippen LogP contribution in [-0.4, -0.2) is 16.6 Å². The summed E-state index contributed by atoms with van der Waals surface area (Å²) in [5.74, 6) is 0.327. The van der Waals surface area contributed by atoms with Crippen molar-refractivity contribution in [2.75, 3.05) is 11.1 Å². The summed E-state index contributed by atoms with van der Waals surface area (Å²) in [4.78, 5) is 18.6. The molecule has 6 heteroatoms. The zero-order chi connectivity index (χ0) is 17.6. The van der Waals surface area contributed by atoms with Crippen LogP contribution >= 0.6 is 34.7 Å². The SMILES string of the molecule is Cc1ccc(SCC(=O)Nc2ncc(Cc3ccc(Cl)cc3)s2)cc1. The fourth-order valence-electron chi connectivity index (χ4n) is 2.19. The summed E-state index contributed by atoms with van der Waals surface area (Å²) in [6, 6.07) is 15.9. The molecule has 1 heterocycles. The zero-order valence-electron chi connectivity index (χ0n) is 13.7. The highest BCUT2D eigenvalue weighted by molar-refractivity contribution is 8.00. The van der Waals surface area contributed by atoms with Gasteiger partial charge in [-0.25, -0.2) is 4.98 Å². The Kier molecular flexibility index (Phi) is 6.13. The number of nitrogens with zero attached hydrogens (tertiary/aromatic N) is 1. The van der Waals surface area contributed by atoms with Crippen molar-refractivity contribution in [2.24, 2.45) is 0 Å². The van der Waals surface area contributed by atoms with E-state index < -0.39 is 0 Å². The Hall–Kier alpha value is -1.82. The first-order valence-corrected chi connectivity index (χ1v) is 9.95. The van der Waals surface area contributed by atoms with Crippen LogP contribution in [0.1, 0.15) is 16.0 Å². The molecular formula is C19H17ClN2OS2. The van der Waals surface area contributed by atoms with Crippen molar-refractivity contribution < 1.29 is 4.79 Å². The number of halogens is 1. The van der Waals surface area contributed by atoms with Crippen LogP contribution in [0.2, 0.25) is 5.02 Å². The maximum atomic E-state index is 12.1. The van der Waals surface area contributed by atoms with E-state index in [1.807, 2.05) is 61.7 Å². The molecule has 3 aromatic rings. The molecule has 0 unspecified atom stereocenters. The van der Waals surface area contributed by atoms with Crippen molar-refractivity contribution in [1.82, 2.24) is 4.98 Å². The van der Waals surface area contributed by atoms with Crippen LogP contribution < -0.4 is 5.32 Å². The Balaban J connectivity index is 1.51. The molecule has 1 amide bonds. The number of aromatic nitrogens is 1. The van der Waals surface area contributed by atoms with E-state index in [-0.39, 0.29) is 5.91 Å². The number of hydrogen-bond donors (Lipinski definition) is 1. The van der Waals surface area contributed by atoms with Crippen LogP contribution in [0.5, 0.6) is 0 Å². The second-order valence-electron chi connectivity index (χ2n) is 5.58. The second-order valence-corrected chi connectivity index (χ2v) is 8.19. The molecule has 1 N–H and O–H groups in total. The second kappa shape index (κ2) is 8.52. The van der Waals surface area contributed by atoms with Crippen LogP contribution in [-0.2, 0) is 11.2 Å². The molecule has 128 valence electrons. The average Bonchev–Trinajstić information content (AvgIpc) is 3.03. The summed E-state index contributed by atoms with van der Waals surface area (Å²) in [6.45, 7) is 2.05. The molecule has 0 bridgehead atoms. The number of nitrogens with one attached hydrogen (secondary N) is 1. The molecule has 0 aliphatic rings. The van der Waals surface area contributed by atoms with E-state index in [4.69, 9.17) is 11.6 Å². The molecule has 0 aliphatic heterocycles. The van der Waals surface area contributed by atoms with Crippen LogP contribution in [0.15, 0.2) is 59.6 Å². The molecule has 25 heavy (non-hydrogen) atoms. The molecule has 3 nitrogen and oxygen atoms in total. The molecule has 1 aromatic heterocycles. The first-order valence-electron chi connectivity index (χ1n) is 7.77. The zero-order valence-corrected chi connectivity index (χ0v) is 16.0. The predicted octanol–water partition coefficient (Wildman–Crippen LogP) is 5.43. The van der Waals surface area contributed by atoms with E-state index in [1.54, 1.807) is 0 Å². The third-order valence-corrected chi connectivity index (χ3v) is 5.66. The van der Waals surface area contributed by atoms with E-state index in [9.17, 15) is 4.79 Å². The molecule has 0 saturated carbocycles. The molecule has 2 aromatic carbocycles. The number of carbonyl (C=O) groups excluding carboxylic acids is 1. The van der Waals surface area contributed by atoms with Gasteiger partial charge in [0.05, 0.1) is 5.75 Å². The van der Waals surface area contributed by atoms with Gasteiger partial charge in [-0.15, -0.1) is 23.1 Å². The number of benzene rings is 2. The molecule has 3 rings (SSSR count). The summed E-state index contributed by atoms with van der Waals surface area (Å²) >= 11 is 8.92. The van der Waals surface area contributed by atoms with Gasteiger partial charge >= 0.3 is 0 Å². The Morgan fingerprint density at radius 1 is 1.16 bits per heavy atom. The van der Waals surface area contributed by atoms with Crippen molar-refractivity contribution in [3.63, 3.8) is 0 Å². The molecule has 0 aliphatic carbocycles. The highest BCUT2D eigenvalue weighted by atomic mass is 35.5. The lowest BCUT2D eigenvalue weighted by atomic mass is 10.1. The van der Waals surface area contributed by atoms with Crippen molar-refractivity contribution >= 4 is 45.7 Å². The third-order valence-electron chi connectivity index (χ3n) is 3.48. The van der Waals surface area contributed by atoms with Gasteiger partial charge in [0, 0.05) is 27.4 Å². The number of rotatable bonds is 6. The topological polar surface area (TPSA) is 42.0 Å². The van der Waals surface area contributed by atoms with Crippen LogP contribution in [0.25, 0.3) is 0 Å². The van der Waals surface area contributed by atoms with Gasteiger partial charge in [-0.1, -0.05) is 41.4 Å². The Morgan fingerprint density at radius 3 is 2.60 bits per heavy atom. The summed E-state index contributed by atoms with van der Waals surface area (Å²) < 4.78 is 0. The highest BCUT2D eigenvalue weighted by Crippen LogP contribution is 2.23. The molecule has 0 saturated heterocycles. The van der Waals surface area contributed by atoms with Gasteiger partial charge in [0.15, 0.2) is 5.13 Å². The van der Waals surface area contributed by atoms with Gasteiger partial charge in [-0.05, 0) is 36.8 Å². The van der Waals surface area contributed by atoms with Crippen molar-refractivity contribution in [3.8, 4) is 0 Å². The largest absolute Gasteiger partial charge is 0.301 e. The number of hydrogen-bond acceptors (Lipinski definition) is 4. The van der Waals surface area contributed by atoms with Gasteiger partial charge in [0.25, 0.3) is 0 Å². The minimum absolute atomic E-state index is 0.0435. The van der Waals surface area contributed by atoms with E-state index in [2.05, 4.69) is 10.3 Å². The van der Waals surface area contributed by atoms with E-state index in [0.717, 1.165) is 21.2 Å². The lowest BCUT2D eigenvalue weighted by Gasteiger charge is -2.02. The predicted molar refractivity (Wildman–Crippen MR) is 107 cm³/mol. The lowest BCUT2D eigenvalue weighted by Crippen LogP contribution is -2.13. The average molecular weight is 389 g/mol. The third kappa shape index (κ3) is 5.59. The van der Waals surface area contributed by atoms with Crippen LogP contribution in [0.3, 0.4) is 0 Å². The van der Waals surface area contributed by atoms with E-state index in [0.29, 0.717) is 10.9 Å². The van der Waals surface area contributed by atoms with Crippen LogP contribution in [0.4, 0.5) is 5.13 Å². The van der Waals surface area contributed by atoms with Crippen molar-refractivity contribution in [2.45, 2.75) is 18.2 Å². The first-order chi connectivity index (χ1) is 12.1. The Morgan fingerprint density at radius 2 is 1.88 bits per heavy atom. The maximum Gasteiger partial charge on any atom is 0.236 e. The molecule has 0 spiro atoms. The number of thioether (sulfide) groups is 1. The fraction of sp³-hybridized carbons (Fsp3) is 0.158. The molecule has 0 fully saturated rings. The van der Waals surface area contributed by atoms with Gasteiger partial charge < -0.3 is 5.32 Å². The van der Waals surface area contributed by atoms with Gasteiger partial charge in [-0.2, -0.15) is 0 Å². The van der Waals surface area contributed by atoms with Crippen molar-refractivity contribution in [3.05, 3.63) is 75.8 Å². The number of anilines is 1. The molecular weight excluding hydrogens is 372 g/mol. The maximum absolute atomic E-state index is 12.1. The Bertz CT molecular complexity index is 845. The summed E-state index contributed by atoms with van der Waals surface area (Å²) in [7, 11) is 0. The minimum Gasteiger partial charge on any atom is -0.301 e. The highest BCUT2D eigenvalue weighted by Gasteiger charge is 2.08. The lowest BCUT2D eigenvalue weighted by molar-refractivity contribution is -0.113. The summed E-state index contributed by atoms with van der Waals surface area (Å²) in [6.07, 6.45) is 2.59. The van der Waals surface area contributed by atoms with E-state index >= 15 is 0 Å². The number of carbonyl (C=O) groups is 1. The Labute approximate surface area is 160 Å². The van der Waals surface area contributed by atoms with Crippen molar-refractivity contribution in [1.29, 1.82) is 0 Å². The molecule has 0 radical (unpaired) electrons. The molecule has 0 atom stereocenters. The van der Waals surface area contributed by atoms with Gasteiger partial charge in [-0.3, -0.25) is 4.79 Å². The normalized spacial score (nSPS) is 10.6. The number of thiazole rings is 1. The first kappa shape index (κ1) is 18.0. The van der Waals surface area contributed by atoms with Gasteiger partial charge in [0.2, 0.25) is 5.91 Å². The summed E-state index contributed by atoms with van der Waals surface area (Å²) in [5.41, 5.74) is 2.38. The number of amides is 1. The monoisotopic (exact) mass is 388 g/mol. The van der Waals surface area contributed by atoms with Crippen LogP contribution in [0, 0.1) is 6.92 Å². The number of aryl methyl sites for hydroxylation is 1. The minimum atomic E-state index is -0.0435. The standard InChI is InChI=1S/C19H17ClN2OS2/c1-13-2-8-16(9-3-13)24-12-18(23)22-19-21-11-17(25-19)10-14-4-6-15(20)7-5-14/h2-9,11H,10,12H2,1H3,(H,21,22,23). The smallest absolute Gasteiger partial charge is 0.236 e.